The van der Waals surface area contributed by atoms with Crippen molar-refractivity contribution >= 4 is 11.8 Å². The number of alkyl carbamates (subject to hydrolysis) is 1. The first kappa shape index (κ1) is 16.8. The molecular formula is C15H20FN3O2. The van der Waals surface area contributed by atoms with Crippen molar-refractivity contribution < 1.29 is 13.9 Å². The fraction of sp³-hybridized carbons (Fsp3) is 0.467. The maximum absolute atomic E-state index is 13.4. The molecule has 0 aliphatic heterocycles. The largest absolute Gasteiger partial charge is 0.444 e. The summed E-state index contributed by atoms with van der Waals surface area (Å²) < 4.78 is 18.6. The summed E-state index contributed by atoms with van der Waals surface area (Å²) in [5.41, 5.74) is -0.199. The van der Waals surface area contributed by atoms with Gasteiger partial charge in [0.25, 0.3) is 0 Å². The zero-order valence-corrected chi connectivity index (χ0v) is 12.7. The van der Waals surface area contributed by atoms with Crippen LogP contribution in [0.2, 0.25) is 0 Å². The van der Waals surface area contributed by atoms with Crippen molar-refractivity contribution in [1.29, 1.82) is 5.26 Å². The summed E-state index contributed by atoms with van der Waals surface area (Å²) in [6.45, 7) is 7.43. The highest BCUT2D eigenvalue weighted by Gasteiger charge is 2.17. The van der Waals surface area contributed by atoms with Crippen molar-refractivity contribution in [3.05, 3.63) is 29.6 Å². The summed E-state index contributed by atoms with van der Waals surface area (Å²) in [4.78, 5) is 11.5. The smallest absolute Gasteiger partial charge is 0.407 e. The van der Waals surface area contributed by atoms with Crippen molar-refractivity contribution in [3.63, 3.8) is 0 Å². The van der Waals surface area contributed by atoms with E-state index in [4.69, 9.17) is 10.00 Å². The van der Waals surface area contributed by atoms with Crippen LogP contribution in [0.1, 0.15) is 33.3 Å². The van der Waals surface area contributed by atoms with Gasteiger partial charge in [-0.25, -0.2) is 9.18 Å². The lowest BCUT2D eigenvalue weighted by atomic mass is 10.1. The van der Waals surface area contributed by atoms with E-state index < -0.39 is 17.5 Å². The molecule has 5 nitrogen and oxygen atoms in total. The van der Waals surface area contributed by atoms with Gasteiger partial charge >= 0.3 is 6.09 Å². The predicted octanol–water partition coefficient (Wildman–Crippen LogP) is 3.02. The standard InChI is InChI=1S/C15H20FN3O2/c1-10(9-18-14(20)21-15(2,3)4)19-13-7-5-6-12(16)11(13)8-17/h5-7,10,19H,9H2,1-4H3,(H,18,20). The number of rotatable bonds is 4. The molecule has 0 spiro atoms. The Kier molecular flexibility index (Phi) is 5.53. The maximum atomic E-state index is 13.4. The molecule has 0 radical (unpaired) electrons. The van der Waals surface area contributed by atoms with Crippen LogP contribution >= 0.6 is 0 Å². The zero-order valence-electron chi connectivity index (χ0n) is 12.7. The molecule has 0 heterocycles. The second kappa shape index (κ2) is 6.93. The van der Waals surface area contributed by atoms with Crippen molar-refractivity contribution in [2.45, 2.75) is 39.3 Å². The van der Waals surface area contributed by atoms with Crippen LogP contribution in [0.25, 0.3) is 0 Å². The number of ether oxygens (including phenoxy) is 1. The summed E-state index contributed by atoms with van der Waals surface area (Å²) in [5.74, 6) is -0.574. The molecule has 0 saturated carbocycles. The monoisotopic (exact) mass is 293 g/mol. The Morgan fingerprint density at radius 3 is 2.71 bits per heavy atom. The number of carbonyl (C=O) groups excluding carboxylic acids is 1. The molecule has 0 aromatic heterocycles. The lowest BCUT2D eigenvalue weighted by molar-refractivity contribution is 0.0526. The summed E-state index contributed by atoms with van der Waals surface area (Å²) in [7, 11) is 0. The van der Waals surface area contributed by atoms with E-state index >= 15 is 0 Å². The number of halogens is 1. The molecule has 2 N–H and O–H groups in total. The van der Waals surface area contributed by atoms with Crippen LogP contribution < -0.4 is 10.6 Å². The van der Waals surface area contributed by atoms with Crippen LogP contribution in [0.3, 0.4) is 0 Å². The third-order valence-corrected chi connectivity index (χ3v) is 2.48. The van der Waals surface area contributed by atoms with Gasteiger partial charge in [-0.3, -0.25) is 0 Å². The van der Waals surface area contributed by atoms with Gasteiger partial charge in [-0.2, -0.15) is 5.26 Å². The Morgan fingerprint density at radius 2 is 2.14 bits per heavy atom. The van der Waals surface area contributed by atoms with Crippen molar-refractivity contribution in [2.75, 3.05) is 11.9 Å². The molecule has 6 heteroatoms. The van der Waals surface area contributed by atoms with E-state index in [0.29, 0.717) is 5.69 Å². The van der Waals surface area contributed by atoms with Crippen molar-refractivity contribution in [2.24, 2.45) is 0 Å². The fourth-order valence-corrected chi connectivity index (χ4v) is 1.63. The van der Waals surface area contributed by atoms with Gasteiger partial charge in [0.05, 0.1) is 5.69 Å². The van der Waals surface area contributed by atoms with Gasteiger partial charge in [0.2, 0.25) is 0 Å². The van der Waals surface area contributed by atoms with E-state index in [9.17, 15) is 9.18 Å². The Bertz CT molecular complexity index is 547. The highest BCUT2D eigenvalue weighted by molar-refractivity contribution is 5.67. The topological polar surface area (TPSA) is 74.2 Å². The number of nitrogens with one attached hydrogen (secondary N) is 2. The molecule has 1 rings (SSSR count). The molecule has 0 fully saturated rings. The minimum Gasteiger partial charge on any atom is -0.444 e. The van der Waals surface area contributed by atoms with Crippen molar-refractivity contribution in [1.82, 2.24) is 5.32 Å². The highest BCUT2D eigenvalue weighted by Crippen LogP contribution is 2.18. The molecule has 0 aliphatic carbocycles. The minimum absolute atomic E-state index is 0.0402. The number of benzene rings is 1. The van der Waals surface area contributed by atoms with Gasteiger partial charge < -0.3 is 15.4 Å². The molecule has 1 atom stereocenters. The minimum atomic E-state index is -0.574. The molecule has 1 aromatic rings. The Balaban J connectivity index is 2.56. The molecule has 1 aromatic carbocycles. The summed E-state index contributed by atoms with van der Waals surface area (Å²) >= 11 is 0. The molecule has 0 bridgehead atoms. The lowest BCUT2D eigenvalue weighted by Gasteiger charge is -2.21. The number of hydrogen-bond donors (Lipinski definition) is 2. The summed E-state index contributed by atoms with van der Waals surface area (Å²) in [6.07, 6.45) is -0.518. The molecule has 1 amide bonds. The van der Waals surface area contributed by atoms with Gasteiger partial charge in [0, 0.05) is 12.6 Å². The second-order valence-electron chi connectivity index (χ2n) is 5.70. The summed E-state index contributed by atoms with van der Waals surface area (Å²) in [6, 6.07) is 5.99. The molecule has 0 aliphatic rings. The van der Waals surface area contributed by atoms with Gasteiger partial charge in [0.1, 0.15) is 23.1 Å². The van der Waals surface area contributed by atoms with Gasteiger partial charge in [-0.15, -0.1) is 0 Å². The second-order valence-corrected chi connectivity index (χ2v) is 5.70. The Morgan fingerprint density at radius 1 is 1.48 bits per heavy atom. The molecule has 114 valence electrons. The quantitative estimate of drug-likeness (QED) is 0.895. The molecular weight excluding hydrogens is 273 g/mol. The zero-order chi connectivity index (χ0) is 16.0. The number of nitrogens with zero attached hydrogens (tertiary/aromatic N) is 1. The third kappa shape index (κ3) is 5.69. The van der Waals surface area contributed by atoms with Gasteiger partial charge in [-0.1, -0.05) is 6.07 Å². The average Bonchev–Trinajstić information content (AvgIpc) is 2.35. The van der Waals surface area contributed by atoms with E-state index in [0.717, 1.165) is 0 Å². The van der Waals surface area contributed by atoms with E-state index in [-0.39, 0.29) is 18.2 Å². The van der Waals surface area contributed by atoms with E-state index in [1.54, 1.807) is 26.8 Å². The molecule has 0 saturated heterocycles. The number of nitriles is 1. The van der Waals surface area contributed by atoms with Crippen LogP contribution in [0.4, 0.5) is 14.9 Å². The predicted molar refractivity (Wildman–Crippen MR) is 78.4 cm³/mol. The number of amides is 1. The Hall–Kier alpha value is -2.29. The average molecular weight is 293 g/mol. The van der Waals surface area contributed by atoms with E-state index in [1.807, 2.05) is 13.0 Å². The van der Waals surface area contributed by atoms with Crippen LogP contribution in [-0.2, 0) is 4.74 Å². The Labute approximate surface area is 124 Å². The lowest BCUT2D eigenvalue weighted by Crippen LogP contribution is -2.38. The summed E-state index contributed by atoms with van der Waals surface area (Å²) in [5, 5.41) is 14.5. The third-order valence-electron chi connectivity index (χ3n) is 2.48. The normalized spacial score (nSPS) is 12.2. The fourth-order valence-electron chi connectivity index (χ4n) is 1.63. The number of hydrogen-bond acceptors (Lipinski definition) is 4. The SMILES string of the molecule is CC(CNC(=O)OC(C)(C)C)Nc1cccc(F)c1C#N. The van der Waals surface area contributed by atoms with Crippen molar-refractivity contribution in [3.8, 4) is 6.07 Å². The molecule has 21 heavy (non-hydrogen) atoms. The van der Waals surface area contributed by atoms with E-state index in [1.165, 1.54) is 12.1 Å². The molecule has 1 unspecified atom stereocenters. The first-order valence-electron chi connectivity index (χ1n) is 6.65. The number of carbonyl (C=O) groups is 1. The first-order valence-corrected chi connectivity index (χ1v) is 6.65. The van der Waals surface area contributed by atoms with E-state index in [2.05, 4.69) is 10.6 Å². The van der Waals surface area contributed by atoms with Gasteiger partial charge in [0.15, 0.2) is 0 Å². The number of anilines is 1. The van der Waals surface area contributed by atoms with Crippen LogP contribution in [-0.4, -0.2) is 24.3 Å². The first-order chi connectivity index (χ1) is 9.73. The van der Waals surface area contributed by atoms with Crippen LogP contribution in [0, 0.1) is 17.1 Å². The van der Waals surface area contributed by atoms with Crippen LogP contribution in [0.15, 0.2) is 18.2 Å². The van der Waals surface area contributed by atoms with Gasteiger partial charge in [-0.05, 0) is 39.8 Å². The van der Waals surface area contributed by atoms with Crippen LogP contribution in [0.5, 0.6) is 0 Å². The maximum Gasteiger partial charge on any atom is 0.407 e. The highest BCUT2D eigenvalue weighted by atomic mass is 19.1.